The average molecular weight is 171 g/mol. The number of rotatable bonds is 1. The van der Waals surface area contributed by atoms with Crippen LogP contribution in [0.5, 0.6) is 0 Å². The first-order valence-corrected chi connectivity index (χ1v) is 4.44. The average Bonchev–Trinajstić information content (AvgIpc) is 2.17. The smallest absolute Gasteiger partial charge is 0.0432 e. The van der Waals surface area contributed by atoms with Crippen LogP contribution in [-0.4, -0.2) is 11.9 Å². The lowest BCUT2D eigenvalue weighted by Crippen LogP contribution is -2.19. The molecule has 1 heteroatoms. The Morgan fingerprint density at radius 3 is 2.92 bits per heavy atom. The minimum absolute atomic E-state index is 0.980. The van der Waals surface area contributed by atoms with Crippen molar-refractivity contribution in [3.63, 3.8) is 0 Å². The van der Waals surface area contributed by atoms with Gasteiger partial charge in [-0.1, -0.05) is 30.8 Å². The highest BCUT2D eigenvalue weighted by molar-refractivity contribution is 5.60. The lowest BCUT2D eigenvalue weighted by molar-refractivity contribution is 0.422. The molecule has 0 aliphatic carbocycles. The highest BCUT2D eigenvalue weighted by Gasteiger charge is 2.10. The van der Waals surface area contributed by atoms with Gasteiger partial charge in [0.05, 0.1) is 0 Å². The standard InChI is InChI=1S/C12H13N/c1-3-12-8-10-6-4-5-7-11(10)9-13(12)2/h3-8H,1,9H2,2H3. The van der Waals surface area contributed by atoms with Crippen LogP contribution >= 0.6 is 0 Å². The van der Waals surface area contributed by atoms with E-state index in [4.69, 9.17) is 0 Å². The topological polar surface area (TPSA) is 3.24 Å². The number of likely N-dealkylation sites (N-methyl/N-ethyl adjacent to an activating group) is 1. The molecule has 66 valence electrons. The summed E-state index contributed by atoms with van der Waals surface area (Å²) in [4.78, 5) is 2.20. The first-order chi connectivity index (χ1) is 6.31. The highest BCUT2D eigenvalue weighted by Crippen LogP contribution is 2.23. The molecule has 0 saturated carbocycles. The van der Waals surface area contributed by atoms with E-state index in [0.717, 1.165) is 6.54 Å². The fourth-order valence-electron chi connectivity index (χ4n) is 1.65. The van der Waals surface area contributed by atoms with Gasteiger partial charge in [-0.2, -0.15) is 0 Å². The third-order valence-electron chi connectivity index (χ3n) is 2.42. The SMILES string of the molecule is C=CC1=Cc2ccccc2CN1C. The molecule has 0 N–H and O–H groups in total. The molecule has 0 saturated heterocycles. The molecule has 0 atom stereocenters. The Kier molecular flexibility index (Phi) is 1.93. The summed E-state index contributed by atoms with van der Waals surface area (Å²) < 4.78 is 0. The van der Waals surface area contributed by atoms with Crippen molar-refractivity contribution in [3.05, 3.63) is 53.7 Å². The Balaban J connectivity index is 2.49. The van der Waals surface area contributed by atoms with Gasteiger partial charge in [0.25, 0.3) is 0 Å². The molecule has 1 nitrogen and oxygen atoms in total. The van der Waals surface area contributed by atoms with Gasteiger partial charge < -0.3 is 4.90 Å². The summed E-state index contributed by atoms with van der Waals surface area (Å²) in [7, 11) is 2.09. The van der Waals surface area contributed by atoms with Gasteiger partial charge in [0.1, 0.15) is 0 Å². The molecule has 2 rings (SSSR count). The van der Waals surface area contributed by atoms with Gasteiger partial charge in [-0.05, 0) is 23.3 Å². The van der Waals surface area contributed by atoms with Crippen LogP contribution in [0.15, 0.2) is 42.6 Å². The lowest BCUT2D eigenvalue weighted by Gasteiger charge is -2.26. The lowest BCUT2D eigenvalue weighted by atomic mass is 10.0. The summed E-state index contributed by atoms with van der Waals surface area (Å²) in [5.41, 5.74) is 3.89. The number of benzene rings is 1. The maximum absolute atomic E-state index is 3.80. The summed E-state index contributed by atoms with van der Waals surface area (Å²) in [6.07, 6.45) is 4.07. The number of hydrogen-bond acceptors (Lipinski definition) is 1. The second kappa shape index (κ2) is 3.09. The van der Waals surface area contributed by atoms with E-state index in [1.54, 1.807) is 0 Å². The van der Waals surface area contributed by atoms with Crippen molar-refractivity contribution in [2.75, 3.05) is 7.05 Å². The summed E-state index contributed by atoms with van der Waals surface area (Å²) >= 11 is 0. The molecule has 0 amide bonds. The molecule has 1 aliphatic rings. The molecule has 0 aromatic heterocycles. The van der Waals surface area contributed by atoms with Crippen LogP contribution in [0.4, 0.5) is 0 Å². The van der Waals surface area contributed by atoms with Crippen molar-refractivity contribution in [2.45, 2.75) is 6.54 Å². The van der Waals surface area contributed by atoms with E-state index < -0.39 is 0 Å². The number of allylic oxidation sites excluding steroid dienone is 1. The summed E-state index contributed by atoms with van der Waals surface area (Å²) in [5.74, 6) is 0. The van der Waals surface area contributed by atoms with Crippen molar-refractivity contribution >= 4 is 6.08 Å². The van der Waals surface area contributed by atoms with Gasteiger partial charge in [-0.25, -0.2) is 0 Å². The predicted molar refractivity (Wildman–Crippen MR) is 56.1 cm³/mol. The fraction of sp³-hybridized carbons (Fsp3) is 0.167. The minimum Gasteiger partial charge on any atom is -0.370 e. The fourth-order valence-corrected chi connectivity index (χ4v) is 1.65. The van der Waals surface area contributed by atoms with Crippen LogP contribution in [0, 0.1) is 0 Å². The zero-order chi connectivity index (χ0) is 9.26. The van der Waals surface area contributed by atoms with Crippen LogP contribution in [0.25, 0.3) is 6.08 Å². The van der Waals surface area contributed by atoms with E-state index >= 15 is 0 Å². The molecular weight excluding hydrogens is 158 g/mol. The van der Waals surface area contributed by atoms with Crippen molar-refractivity contribution in [1.29, 1.82) is 0 Å². The molecule has 0 unspecified atom stereocenters. The minimum atomic E-state index is 0.980. The molecule has 0 radical (unpaired) electrons. The number of nitrogens with zero attached hydrogens (tertiary/aromatic N) is 1. The largest absolute Gasteiger partial charge is 0.370 e. The number of hydrogen-bond donors (Lipinski definition) is 0. The second-order valence-corrected chi connectivity index (χ2v) is 3.33. The van der Waals surface area contributed by atoms with Crippen molar-refractivity contribution in [3.8, 4) is 0 Å². The van der Waals surface area contributed by atoms with Gasteiger partial charge in [-0.3, -0.25) is 0 Å². The maximum atomic E-state index is 3.80. The normalized spacial score (nSPS) is 14.8. The van der Waals surface area contributed by atoms with Crippen LogP contribution in [0.1, 0.15) is 11.1 Å². The first kappa shape index (κ1) is 8.11. The van der Waals surface area contributed by atoms with E-state index in [1.807, 2.05) is 6.08 Å². The Hall–Kier alpha value is -1.50. The Bertz CT molecular complexity index is 363. The van der Waals surface area contributed by atoms with Gasteiger partial charge >= 0.3 is 0 Å². The van der Waals surface area contributed by atoms with E-state index in [1.165, 1.54) is 16.8 Å². The van der Waals surface area contributed by atoms with Crippen molar-refractivity contribution in [1.82, 2.24) is 4.90 Å². The molecule has 1 aromatic carbocycles. The molecule has 1 aliphatic heterocycles. The molecular formula is C12H13N. The first-order valence-electron chi connectivity index (χ1n) is 4.44. The molecule has 1 heterocycles. The van der Waals surface area contributed by atoms with Crippen molar-refractivity contribution < 1.29 is 0 Å². The Morgan fingerprint density at radius 2 is 2.15 bits per heavy atom. The monoisotopic (exact) mass is 171 g/mol. The predicted octanol–water partition coefficient (Wildman–Crippen LogP) is 2.66. The highest BCUT2D eigenvalue weighted by atomic mass is 15.1. The van der Waals surface area contributed by atoms with Gasteiger partial charge in [0.2, 0.25) is 0 Å². The van der Waals surface area contributed by atoms with E-state index in [9.17, 15) is 0 Å². The Morgan fingerprint density at radius 1 is 1.38 bits per heavy atom. The molecule has 0 fully saturated rings. The number of fused-ring (bicyclic) bond motifs is 1. The van der Waals surface area contributed by atoms with Gasteiger partial charge in [0.15, 0.2) is 0 Å². The quantitative estimate of drug-likeness (QED) is 0.628. The van der Waals surface area contributed by atoms with Gasteiger partial charge in [0, 0.05) is 19.3 Å². The summed E-state index contributed by atoms with van der Waals surface area (Å²) in [6.45, 7) is 4.78. The molecule has 0 spiro atoms. The maximum Gasteiger partial charge on any atom is 0.0432 e. The zero-order valence-electron chi connectivity index (χ0n) is 7.83. The van der Waals surface area contributed by atoms with Crippen LogP contribution in [0.3, 0.4) is 0 Å². The van der Waals surface area contributed by atoms with Crippen LogP contribution in [0.2, 0.25) is 0 Å². The van der Waals surface area contributed by atoms with Crippen LogP contribution < -0.4 is 0 Å². The summed E-state index contributed by atoms with van der Waals surface area (Å²) in [5, 5.41) is 0. The second-order valence-electron chi connectivity index (χ2n) is 3.33. The van der Waals surface area contributed by atoms with Crippen LogP contribution in [-0.2, 0) is 6.54 Å². The van der Waals surface area contributed by atoms with E-state index in [0.29, 0.717) is 0 Å². The molecule has 0 bridgehead atoms. The molecule has 1 aromatic rings. The summed E-state index contributed by atoms with van der Waals surface area (Å²) in [6, 6.07) is 8.47. The zero-order valence-corrected chi connectivity index (χ0v) is 7.83. The van der Waals surface area contributed by atoms with E-state index in [-0.39, 0.29) is 0 Å². The third kappa shape index (κ3) is 1.37. The molecule has 13 heavy (non-hydrogen) atoms. The van der Waals surface area contributed by atoms with E-state index in [2.05, 4.69) is 48.9 Å². The third-order valence-corrected chi connectivity index (χ3v) is 2.42. The Labute approximate surface area is 79.0 Å². The van der Waals surface area contributed by atoms with Gasteiger partial charge in [-0.15, -0.1) is 0 Å². The van der Waals surface area contributed by atoms with Crippen molar-refractivity contribution in [2.24, 2.45) is 0 Å².